The summed E-state index contributed by atoms with van der Waals surface area (Å²) in [5, 5.41) is 9.08. The summed E-state index contributed by atoms with van der Waals surface area (Å²) in [5.74, 6) is -1.03. The Kier molecular flexibility index (Phi) is 3.80. The Bertz CT molecular complexity index is 354. The summed E-state index contributed by atoms with van der Waals surface area (Å²) in [6.07, 6.45) is 1.70. The predicted octanol–water partition coefficient (Wildman–Crippen LogP) is 2.03. The van der Waals surface area contributed by atoms with Gasteiger partial charge in [-0.1, -0.05) is 11.6 Å². The molecule has 0 saturated heterocycles. The number of hydrogen-bond donors (Lipinski definition) is 1. The summed E-state index contributed by atoms with van der Waals surface area (Å²) >= 11 is 0. The minimum atomic E-state index is -1.03. The van der Waals surface area contributed by atoms with Crippen LogP contribution in [0.5, 0.6) is 0 Å². The van der Waals surface area contributed by atoms with Gasteiger partial charge in [0.2, 0.25) is 0 Å². The van der Waals surface area contributed by atoms with Crippen molar-refractivity contribution in [2.45, 2.75) is 45.8 Å². The van der Waals surface area contributed by atoms with Gasteiger partial charge in [0.05, 0.1) is 0 Å². The summed E-state index contributed by atoms with van der Waals surface area (Å²) < 4.78 is 5.19. The van der Waals surface area contributed by atoms with Gasteiger partial charge in [0.1, 0.15) is 5.60 Å². The Hall–Kier alpha value is -1.52. The predicted molar refractivity (Wildman–Crippen MR) is 62.7 cm³/mol. The van der Waals surface area contributed by atoms with Crippen LogP contribution in [0.25, 0.3) is 0 Å². The van der Waals surface area contributed by atoms with Crippen molar-refractivity contribution in [3.63, 3.8) is 0 Å². The van der Waals surface area contributed by atoms with Crippen molar-refractivity contribution >= 4 is 12.1 Å². The molecule has 0 radical (unpaired) electrons. The van der Waals surface area contributed by atoms with Crippen molar-refractivity contribution < 1.29 is 19.4 Å². The topological polar surface area (TPSA) is 66.8 Å². The number of carboxylic acid groups (broad SMARTS) is 1. The number of carbonyl (C=O) groups excluding carboxylic acids is 1. The highest BCUT2D eigenvalue weighted by atomic mass is 16.6. The maximum absolute atomic E-state index is 11.8. The molecule has 1 heterocycles. The lowest BCUT2D eigenvalue weighted by atomic mass is 10.0. The highest BCUT2D eigenvalue weighted by Gasteiger charge is 2.33. The van der Waals surface area contributed by atoms with Gasteiger partial charge < -0.3 is 9.84 Å². The summed E-state index contributed by atoms with van der Waals surface area (Å²) in [7, 11) is 0. The fourth-order valence-corrected chi connectivity index (χ4v) is 1.61. The molecule has 0 fully saturated rings. The third-order valence-electron chi connectivity index (χ3n) is 2.41. The molecule has 17 heavy (non-hydrogen) atoms. The Balaban J connectivity index is 2.82. The minimum Gasteiger partial charge on any atom is -0.479 e. The van der Waals surface area contributed by atoms with E-state index in [1.807, 2.05) is 6.92 Å². The van der Waals surface area contributed by atoms with Gasteiger partial charge in [-0.3, -0.25) is 4.90 Å². The lowest BCUT2D eigenvalue weighted by molar-refractivity contribution is -0.141. The van der Waals surface area contributed by atoms with E-state index < -0.39 is 23.7 Å². The quantitative estimate of drug-likeness (QED) is 0.713. The van der Waals surface area contributed by atoms with Gasteiger partial charge in [-0.15, -0.1) is 0 Å². The monoisotopic (exact) mass is 241 g/mol. The number of aliphatic carboxylic acids is 1. The van der Waals surface area contributed by atoms with Crippen LogP contribution in [-0.4, -0.2) is 40.3 Å². The normalized spacial score (nSPS) is 20.8. The molecule has 5 nitrogen and oxygen atoms in total. The molecule has 1 aliphatic heterocycles. The van der Waals surface area contributed by atoms with Crippen LogP contribution in [0.3, 0.4) is 0 Å². The van der Waals surface area contributed by atoms with Crippen LogP contribution in [-0.2, 0) is 9.53 Å². The Morgan fingerprint density at radius 3 is 2.53 bits per heavy atom. The van der Waals surface area contributed by atoms with Crippen LogP contribution < -0.4 is 0 Å². The second-order valence-electron chi connectivity index (χ2n) is 5.22. The average molecular weight is 241 g/mol. The van der Waals surface area contributed by atoms with Crippen LogP contribution in [0.15, 0.2) is 11.6 Å². The lowest BCUT2D eigenvalue weighted by Gasteiger charge is -2.33. The van der Waals surface area contributed by atoms with Crippen LogP contribution >= 0.6 is 0 Å². The molecular weight excluding hydrogens is 222 g/mol. The molecule has 1 N–H and O–H groups in total. The first-order valence-corrected chi connectivity index (χ1v) is 5.60. The van der Waals surface area contributed by atoms with E-state index in [1.165, 1.54) is 4.90 Å². The van der Waals surface area contributed by atoms with Crippen LogP contribution in [0, 0.1) is 0 Å². The highest BCUT2D eigenvalue weighted by Crippen LogP contribution is 2.19. The molecule has 0 bridgehead atoms. The van der Waals surface area contributed by atoms with Crippen molar-refractivity contribution in [3.8, 4) is 0 Å². The van der Waals surface area contributed by atoms with Crippen LogP contribution in [0.1, 0.15) is 34.1 Å². The first kappa shape index (κ1) is 13.5. The van der Waals surface area contributed by atoms with Crippen molar-refractivity contribution in [2.75, 3.05) is 6.54 Å². The molecule has 96 valence electrons. The number of carboxylic acids is 1. The second kappa shape index (κ2) is 4.77. The van der Waals surface area contributed by atoms with Gasteiger partial charge in [-0.25, -0.2) is 9.59 Å². The first-order valence-electron chi connectivity index (χ1n) is 5.60. The second-order valence-corrected chi connectivity index (χ2v) is 5.22. The highest BCUT2D eigenvalue weighted by molar-refractivity contribution is 5.82. The van der Waals surface area contributed by atoms with E-state index in [4.69, 9.17) is 9.84 Å². The number of hydrogen-bond acceptors (Lipinski definition) is 3. The van der Waals surface area contributed by atoms with E-state index in [0.717, 1.165) is 5.57 Å². The molecule has 1 aliphatic rings. The summed E-state index contributed by atoms with van der Waals surface area (Å²) in [6, 6.07) is -0.918. The third-order valence-corrected chi connectivity index (χ3v) is 2.41. The fraction of sp³-hybridized carbons (Fsp3) is 0.667. The Morgan fingerprint density at radius 1 is 1.47 bits per heavy atom. The molecule has 0 aliphatic carbocycles. The number of ether oxygens (including phenoxy) is 1. The van der Waals surface area contributed by atoms with E-state index in [-0.39, 0.29) is 0 Å². The third kappa shape index (κ3) is 3.76. The molecule has 1 rings (SSSR count). The maximum atomic E-state index is 11.8. The lowest BCUT2D eigenvalue weighted by Crippen LogP contribution is -2.48. The van der Waals surface area contributed by atoms with Gasteiger partial charge in [0, 0.05) is 6.54 Å². The van der Waals surface area contributed by atoms with E-state index in [0.29, 0.717) is 13.0 Å². The molecule has 0 aromatic carbocycles. The van der Waals surface area contributed by atoms with Crippen LogP contribution in [0.4, 0.5) is 4.79 Å². The molecule has 0 aromatic heterocycles. The number of amides is 1. The Labute approximate surface area is 101 Å². The fourth-order valence-electron chi connectivity index (χ4n) is 1.61. The molecule has 1 unspecified atom stereocenters. The molecule has 5 heteroatoms. The number of carbonyl (C=O) groups is 2. The van der Waals surface area contributed by atoms with Gasteiger partial charge in [0.15, 0.2) is 6.04 Å². The van der Waals surface area contributed by atoms with Gasteiger partial charge >= 0.3 is 12.1 Å². The smallest absolute Gasteiger partial charge is 0.411 e. The molecule has 0 saturated carbocycles. The molecule has 0 aromatic rings. The summed E-state index contributed by atoms with van der Waals surface area (Å²) in [4.78, 5) is 24.2. The average Bonchev–Trinajstić information content (AvgIpc) is 2.14. The molecule has 1 amide bonds. The van der Waals surface area contributed by atoms with Gasteiger partial charge in [-0.2, -0.15) is 0 Å². The van der Waals surface area contributed by atoms with Gasteiger partial charge in [-0.05, 0) is 34.1 Å². The van der Waals surface area contributed by atoms with E-state index in [2.05, 4.69) is 0 Å². The van der Waals surface area contributed by atoms with Gasteiger partial charge in [0.25, 0.3) is 0 Å². The van der Waals surface area contributed by atoms with Crippen molar-refractivity contribution in [3.05, 3.63) is 11.6 Å². The molecule has 1 atom stereocenters. The summed E-state index contributed by atoms with van der Waals surface area (Å²) in [5.41, 5.74) is 0.369. The standard InChI is InChI=1S/C12H19NO4/c1-8-5-6-13(9(7-8)10(14)15)11(16)17-12(2,3)4/h7,9H,5-6H2,1-4H3,(H,14,15). The van der Waals surface area contributed by atoms with Crippen molar-refractivity contribution in [1.29, 1.82) is 0 Å². The number of rotatable bonds is 1. The number of nitrogens with zero attached hydrogens (tertiary/aromatic N) is 1. The zero-order chi connectivity index (χ0) is 13.2. The maximum Gasteiger partial charge on any atom is 0.411 e. The van der Waals surface area contributed by atoms with Crippen molar-refractivity contribution in [1.82, 2.24) is 4.90 Å². The largest absolute Gasteiger partial charge is 0.479 e. The zero-order valence-electron chi connectivity index (χ0n) is 10.7. The van der Waals surface area contributed by atoms with E-state index in [9.17, 15) is 9.59 Å². The first-order chi connectivity index (χ1) is 7.70. The molecular formula is C12H19NO4. The zero-order valence-corrected chi connectivity index (χ0v) is 10.7. The minimum absolute atomic E-state index is 0.383. The summed E-state index contributed by atoms with van der Waals surface area (Å²) in [6.45, 7) is 7.51. The van der Waals surface area contributed by atoms with E-state index in [1.54, 1.807) is 26.8 Å². The van der Waals surface area contributed by atoms with Crippen molar-refractivity contribution in [2.24, 2.45) is 0 Å². The SMILES string of the molecule is CC1=CC(C(=O)O)N(C(=O)OC(C)(C)C)CC1. The van der Waals surface area contributed by atoms with Crippen LogP contribution in [0.2, 0.25) is 0 Å². The van der Waals surface area contributed by atoms with E-state index >= 15 is 0 Å². The Morgan fingerprint density at radius 2 is 2.06 bits per heavy atom. The molecule has 0 spiro atoms.